The fourth-order valence-corrected chi connectivity index (χ4v) is 2.42. The normalized spacial score (nSPS) is 10.7. The minimum Gasteiger partial charge on any atom is -0.490 e. The highest BCUT2D eigenvalue weighted by Gasteiger charge is 2.04. The van der Waals surface area contributed by atoms with Gasteiger partial charge >= 0.3 is 5.63 Å². The molecule has 0 fully saturated rings. The highest BCUT2D eigenvalue weighted by Crippen LogP contribution is 2.22. The van der Waals surface area contributed by atoms with Crippen molar-refractivity contribution in [2.24, 2.45) is 0 Å². The molecule has 4 heteroatoms. The summed E-state index contributed by atoms with van der Waals surface area (Å²) in [4.78, 5) is 11.4. The number of hydrogen-bond acceptors (Lipinski definition) is 4. The van der Waals surface area contributed by atoms with E-state index < -0.39 is 0 Å². The minimum absolute atomic E-state index is 0.352. The lowest BCUT2D eigenvalue weighted by atomic mass is 10.1. The molecule has 2 aromatic carbocycles. The molecular weight excluding hydrogens is 292 g/mol. The molecule has 118 valence electrons. The molecule has 4 nitrogen and oxygen atoms in total. The molecule has 23 heavy (non-hydrogen) atoms. The summed E-state index contributed by atoms with van der Waals surface area (Å²) in [5.41, 5.74) is 2.17. The molecule has 1 heterocycles. The van der Waals surface area contributed by atoms with Crippen molar-refractivity contribution >= 4 is 11.0 Å². The van der Waals surface area contributed by atoms with Crippen LogP contribution < -0.4 is 15.1 Å². The van der Waals surface area contributed by atoms with Gasteiger partial charge in [0.25, 0.3) is 0 Å². The minimum atomic E-state index is -0.352. The molecule has 1 aromatic heterocycles. The van der Waals surface area contributed by atoms with Gasteiger partial charge in [-0.15, -0.1) is 0 Å². The van der Waals surface area contributed by atoms with Gasteiger partial charge in [-0.3, -0.25) is 0 Å². The average Bonchev–Trinajstić information content (AvgIpc) is 2.52. The summed E-state index contributed by atoms with van der Waals surface area (Å²) in [6.07, 6.45) is 0. The van der Waals surface area contributed by atoms with Crippen LogP contribution in [0.25, 0.3) is 11.0 Å². The molecule has 0 aliphatic carbocycles. The van der Waals surface area contributed by atoms with E-state index in [2.05, 4.69) is 0 Å². The molecule has 0 saturated carbocycles. The molecule has 0 amide bonds. The molecular formula is C19H18O4. The Morgan fingerprint density at radius 2 is 1.70 bits per heavy atom. The number of ether oxygens (including phenoxy) is 2. The van der Waals surface area contributed by atoms with Crippen molar-refractivity contribution in [3.63, 3.8) is 0 Å². The number of rotatable bonds is 5. The third-order valence-electron chi connectivity index (χ3n) is 3.63. The Balaban J connectivity index is 1.63. The van der Waals surface area contributed by atoms with E-state index in [1.165, 1.54) is 6.07 Å². The second-order valence-electron chi connectivity index (χ2n) is 5.37. The first kappa shape index (κ1) is 15.2. The predicted molar refractivity (Wildman–Crippen MR) is 89.4 cm³/mol. The molecule has 0 aliphatic heterocycles. The van der Waals surface area contributed by atoms with Gasteiger partial charge in [0.05, 0.1) is 0 Å². The number of aryl methyl sites for hydroxylation is 2. The van der Waals surface area contributed by atoms with Crippen molar-refractivity contribution in [3.05, 3.63) is 70.1 Å². The highest BCUT2D eigenvalue weighted by atomic mass is 16.5. The molecule has 0 N–H and O–H groups in total. The quantitative estimate of drug-likeness (QED) is 0.530. The Kier molecular flexibility index (Phi) is 4.33. The summed E-state index contributed by atoms with van der Waals surface area (Å²) < 4.78 is 16.6. The number of fused-ring (bicyclic) bond motifs is 1. The summed E-state index contributed by atoms with van der Waals surface area (Å²) in [5, 5.41) is 0.910. The first-order valence-electron chi connectivity index (χ1n) is 7.49. The zero-order valence-corrected chi connectivity index (χ0v) is 13.2. The average molecular weight is 310 g/mol. The summed E-state index contributed by atoms with van der Waals surface area (Å²) in [7, 11) is 0. The Morgan fingerprint density at radius 3 is 2.52 bits per heavy atom. The van der Waals surface area contributed by atoms with Crippen molar-refractivity contribution in [2.45, 2.75) is 13.8 Å². The molecule has 0 bridgehead atoms. The van der Waals surface area contributed by atoms with Gasteiger partial charge in [-0.25, -0.2) is 4.79 Å². The molecule has 0 unspecified atom stereocenters. The van der Waals surface area contributed by atoms with E-state index in [0.29, 0.717) is 24.5 Å². The van der Waals surface area contributed by atoms with Crippen molar-refractivity contribution < 1.29 is 13.9 Å². The van der Waals surface area contributed by atoms with Crippen LogP contribution in [0.2, 0.25) is 0 Å². The summed E-state index contributed by atoms with van der Waals surface area (Å²) in [5.74, 6) is 1.51. The Labute approximate surface area is 134 Å². The maximum absolute atomic E-state index is 11.4. The SMILES string of the molecule is Cc1ccccc1OCCOc1ccc2c(C)cc(=O)oc2c1. The highest BCUT2D eigenvalue weighted by molar-refractivity contribution is 5.81. The van der Waals surface area contributed by atoms with E-state index in [9.17, 15) is 4.79 Å². The fraction of sp³-hybridized carbons (Fsp3) is 0.211. The van der Waals surface area contributed by atoms with E-state index in [0.717, 1.165) is 22.3 Å². The van der Waals surface area contributed by atoms with Gasteiger partial charge in [-0.05, 0) is 43.2 Å². The van der Waals surface area contributed by atoms with Crippen LogP contribution in [0.1, 0.15) is 11.1 Å². The maximum atomic E-state index is 11.4. The van der Waals surface area contributed by atoms with Crippen LogP contribution in [0.4, 0.5) is 0 Å². The Bertz CT molecular complexity index is 880. The largest absolute Gasteiger partial charge is 0.490 e. The van der Waals surface area contributed by atoms with E-state index >= 15 is 0 Å². The van der Waals surface area contributed by atoms with Crippen molar-refractivity contribution in [1.29, 1.82) is 0 Å². The third-order valence-corrected chi connectivity index (χ3v) is 3.63. The molecule has 3 aromatic rings. The van der Waals surface area contributed by atoms with Crippen molar-refractivity contribution in [3.8, 4) is 11.5 Å². The lowest BCUT2D eigenvalue weighted by Gasteiger charge is -2.10. The van der Waals surface area contributed by atoms with Gasteiger partial charge in [0, 0.05) is 17.5 Å². The summed E-state index contributed by atoms with van der Waals surface area (Å²) in [6, 6.07) is 14.8. The molecule has 3 rings (SSSR count). The lowest BCUT2D eigenvalue weighted by molar-refractivity contribution is 0.216. The van der Waals surface area contributed by atoms with Crippen LogP contribution in [-0.4, -0.2) is 13.2 Å². The first-order chi connectivity index (χ1) is 11.1. The second-order valence-corrected chi connectivity index (χ2v) is 5.37. The maximum Gasteiger partial charge on any atom is 0.336 e. The van der Waals surface area contributed by atoms with E-state index in [1.54, 1.807) is 6.07 Å². The fourth-order valence-electron chi connectivity index (χ4n) is 2.42. The van der Waals surface area contributed by atoms with Gasteiger partial charge < -0.3 is 13.9 Å². The molecule has 0 spiro atoms. The number of benzene rings is 2. The van der Waals surface area contributed by atoms with Crippen molar-refractivity contribution in [2.75, 3.05) is 13.2 Å². The molecule has 0 aliphatic rings. The van der Waals surface area contributed by atoms with Gasteiger partial charge in [-0.1, -0.05) is 18.2 Å². The smallest absolute Gasteiger partial charge is 0.336 e. The Hall–Kier alpha value is -2.75. The number of para-hydroxylation sites is 1. The van der Waals surface area contributed by atoms with Crippen LogP contribution in [0.15, 0.2) is 57.7 Å². The van der Waals surface area contributed by atoms with Crippen molar-refractivity contribution in [1.82, 2.24) is 0 Å². The molecule has 0 atom stereocenters. The third kappa shape index (κ3) is 3.54. The van der Waals surface area contributed by atoms with Crippen LogP contribution in [0.5, 0.6) is 11.5 Å². The standard InChI is InChI=1S/C19H18O4/c1-13-5-3-4-6-17(13)22-10-9-21-15-7-8-16-14(2)11-19(20)23-18(16)12-15/h3-8,11-12H,9-10H2,1-2H3. The van der Waals surface area contributed by atoms with Crippen LogP contribution in [-0.2, 0) is 0 Å². The van der Waals surface area contributed by atoms with Gasteiger partial charge in [0.2, 0.25) is 0 Å². The monoisotopic (exact) mass is 310 g/mol. The van der Waals surface area contributed by atoms with E-state index in [1.807, 2.05) is 50.2 Å². The predicted octanol–water partition coefficient (Wildman–Crippen LogP) is 3.87. The van der Waals surface area contributed by atoms with Gasteiger partial charge in [-0.2, -0.15) is 0 Å². The summed E-state index contributed by atoms with van der Waals surface area (Å²) in [6.45, 7) is 4.75. The van der Waals surface area contributed by atoms with Crippen LogP contribution in [0, 0.1) is 13.8 Å². The van der Waals surface area contributed by atoms with Gasteiger partial charge in [0.1, 0.15) is 30.3 Å². The topological polar surface area (TPSA) is 48.7 Å². The lowest BCUT2D eigenvalue weighted by Crippen LogP contribution is -2.09. The number of hydrogen-bond donors (Lipinski definition) is 0. The Morgan fingerprint density at radius 1 is 0.913 bits per heavy atom. The first-order valence-corrected chi connectivity index (χ1v) is 7.49. The zero-order chi connectivity index (χ0) is 16.2. The van der Waals surface area contributed by atoms with Crippen LogP contribution >= 0.6 is 0 Å². The van der Waals surface area contributed by atoms with E-state index in [-0.39, 0.29) is 5.63 Å². The van der Waals surface area contributed by atoms with Crippen LogP contribution in [0.3, 0.4) is 0 Å². The molecule has 0 saturated heterocycles. The zero-order valence-electron chi connectivity index (χ0n) is 13.2. The van der Waals surface area contributed by atoms with Gasteiger partial charge in [0.15, 0.2) is 0 Å². The second kappa shape index (κ2) is 6.57. The molecule has 0 radical (unpaired) electrons. The van der Waals surface area contributed by atoms with E-state index in [4.69, 9.17) is 13.9 Å². The summed E-state index contributed by atoms with van der Waals surface area (Å²) >= 11 is 0.